The molecular formula is C19H18N2O5S. The number of nitrogens with one attached hydrogen (secondary N) is 1. The van der Waals surface area contributed by atoms with E-state index in [1.54, 1.807) is 37.3 Å². The van der Waals surface area contributed by atoms with Gasteiger partial charge in [0.05, 0.1) is 12.8 Å². The molecule has 2 aromatic rings. The highest BCUT2D eigenvalue weighted by atomic mass is 32.2. The van der Waals surface area contributed by atoms with E-state index in [9.17, 15) is 19.5 Å². The molecule has 1 aliphatic heterocycles. The van der Waals surface area contributed by atoms with Crippen LogP contribution >= 0.6 is 11.8 Å². The zero-order chi connectivity index (χ0) is 19.6. The largest absolute Gasteiger partial charge is 0.508 e. The number of rotatable bonds is 5. The van der Waals surface area contributed by atoms with Gasteiger partial charge in [-0.3, -0.25) is 14.4 Å². The van der Waals surface area contributed by atoms with E-state index in [0.29, 0.717) is 22.7 Å². The highest BCUT2D eigenvalue weighted by Gasteiger charge is 2.41. The predicted octanol–water partition coefficient (Wildman–Crippen LogP) is 3.31. The number of phenols is 1. The predicted molar refractivity (Wildman–Crippen MR) is 103 cm³/mol. The molecule has 0 spiro atoms. The van der Waals surface area contributed by atoms with Gasteiger partial charge in [-0.2, -0.15) is 0 Å². The number of imide groups is 1. The molecule has 0 saturated carbocycles. The molecule has 0 aromatic heterocycles. The molecule has 1 unspecified atom stereocenters. The van der Waals surface area contributed by atoms with Crippen molar-refractivity contribution in [2.45, 2.75) is 18.6 Å². The SMILES string of the molecule is COc1ccc(N2C(=O)SC(CC(=O)Nc3ccc(O)cc3C)C2=O)cc1. The molecule has 0 radical (unpaired) electrons. The Kier molecular flexibility index (Phi) is 5.36. The maximum Gasteiger partial charge on any atom is 0.293 e. The summed E-state index contributed by atoms with van der Waals surface area (Å²) < 4.78 is 5.07. The summed E-state index contributed by atoms with van der Waals surface area (Å²) in [5.74, 6) is -0.0785. The van der Waals surface area contributed by atoms with Crippen molar-refractivity contribution in [1.82, 2.24) is 0 Å². The van der Waals surface area contributed by atoms with E-state index in [-0.39, 0.29) is 18.1 Å². The summed E-state index contributed by atoms with van der Waals surface area (Å²) in [7, 11) is 1.53. The molecule has 0 aliphatic carbocycles. The topological polar surface area (TPSA) is 95.9 Å². The Bertz CT molecular complexity index is 897. The summed E-state index contributed by atoms with van der Waals surface area (Å²) >= 11 is 0.837. The van der Waals surface area contributed by atoms with Gasteiger partial charge in [0.2, 0.25) is 11.8 Å². The van der Waals surface area contributed by atoms with Crippen LogP contribution in [0, 0.1) is 6.92 Å². The second-order valence-electron chi connectivity index (χ2n) is 6.00. The van der Waals surface area contributed by atoms with Gasteiger partial charge >= 0.3 is 0 Å². The minimum Gasteiger partial charge on any atom is -0.508 e. The number of benzene rings is 2. The fourth-order valence-electron chi connectivity index (χ4n) is 2.71. The van der Waals surface area contributed by atoms with Crippen molar-refractivity contribution in [3.63, 3.8) is 0 Å². The maximum absolute atomic E-state index is 12.6. The number of nitrogens with zero attached hydrogens (tertiary/aromatic N) is 1. The third-order valence-electron chi connectivity index (χ3n) is 4.11. The molecule has 3 rings (SSSR count). The summed E-state index contributed by atoms with van der Waals surface area (Å²) in [6, 6.07) is 11.1. The van der Waals surface area contributed by atoms with Crippen LogP contribution < -0.4 is 15.0 Å². The average Bonchev–Trinajstić information content (AvgIpc) is 2.91. The third kappa shape index (κ3) is 4.06. The second kappa shape index (κ2) is 7.71. The van der Waals surface area contributed by atoms with Crippen molar-refractivity contribution >= 4 is 40.2 Å². The lowest BCUT2D eigenvalue weighted by atomic mass is 10.1. The lowest BCUT2D eigenvalue weighted by Crippen LogP contribution is -2.32. The number of carbonyl (C=O) groups excluding carboxylic acids is 3. The number of aromatic hydroxyl groups is 1. The van der Waals surface area contributed by atoms with Gasteiger partial charge in [0.15, 0.2) is 0 Å². The Labute approximate surface area is 160 Å². The number of hydrogen-bond donors (Lipinski definition) is 2. The van der Waals surface area contributed by atoms with Gasteiger partial charge in [-0.1, -0.05) is 0 Å². The number of hydrogen-bond acceptors (Lipinski definition) is 6. The summed E-state index contributed by atoms with van der Waals surface area (Å²) in [5.41, 5.74) is 1.69. The summed E-state index contributed by atoms with van der Waals surface area (Å²) in [4.78, 5) is 38.2. The minimum atomic E-state index is -0.781. The van der Waals surface area contributed by atoms with E-state index >= 15 is 0 Å². The number of ether oxygens (including phenoxy) is 1. The van der Waals surface area contributed by atoms with Crippen molar-refractivity contribution in [2.24, 2.45) is 0 Å². The highest BCUT2D eigenvalue weighted by Crippen LogP contribution is 2.34. The van der Waals surface area contributed by atoms with Gasteiger partial charge in [0.1, 0.15) is 16.7 Å². The number of amides is 3. The van der Waals surface area contributed by atoms with Gasteiger partial charge in [0.25, 0.3) is 5.24 Å². The van der Waals surface area contributed by atoms with Crippen molar-refractivity contribution in [2.75, 3.05) is 17.3 Å². The lowest BCUT2D eigenvalue weighted by Gasteiger charge is -2.14. The van der Waals surface area contributed by atoms with Crippen LogP contribution in [0.3, 0.4) is 0 Å². The van der Waals surface area contributed by atoms with E-state index in [1.807, 2.05) is 0 Å². The molecule has 1 saturated heterocycles. The van der Waals surface area contributed by atoms with Gasteiger partial charge in [-0.25, -0.2) is 4.90 Å². The molecule has 1 aliphatic rings. The third-order valence-corrected chi connectivity index (χ3v) is 5.14. The number of phenolic OH excluding ortho intramolecular Hbond substituents is 1. The number of methoxy groups -OCH3 is 1. The van der Waals surface area contributed by atoms with Crippen LogP contribution in [-0.2, 0) is 9.59 Å². The molecule has 8 heteroatoms. The van der Waals surface area contributed by atoms with Crippen LogP contribution in [0.4, 0.5) is 16.2 Å². The minimum absolute atomic E-state index is 0.104. The number of carbonyl (C=O) groups is 3. The first-order chi connectivity index (χ1) is 12.9. The summed E-state index contributed by atoms with van der Waals surface area (Å²) in [6.45, 7) is 1.75. The summed E-state index contributed by atoms with van der Waals surface area (Å²) in [6.07, 6.45) is -0.123. The van der Waals surface area contributed by atoms with Crippen LogP contribution in [0.25, 0.3) is 0 Å². The fourth-order valence-corrected chi connectivity index (χ4v) is 3.69. The molecular weight excluding hydrogens is 368 g/mol. The van der Waals surface area contributed by atoms with Crippen molar-refractivity contribution < 1.29 is 24.2 Å². The molecule has 27 heavy (non-hydrogen) atoms. The standard InChI is InChI=1S/C19H18N2O5S/c1-11-9-13(22)5-8-15(11)20-17(23)10-16-18(24)21(19(25)27-16)12-3-6-14(26-2)7-4-12/h3-9,16,22H,10H2,1-2H3,(H,20,23). The van der Waals surface area contributed by atoms with E-state index in [2.05, 4.69) is 5.32 Å². The van der Waals surface area contributed by atoms with Crippen molar-refractivity contribution in [3.05, 3.63) is 48.0 Å². The zero-order valence-corrected chi connectivity index (χ0v) is 15.6. The smallest absolute Gasteiger partial charge is 0.293 e. The van der Waals surface area contributed by atoms with E-state index in [4.69, 9.17) is 4.74 Å². The van der Waals surface area contributed by atoms with Gasteiger partial charge in [0, 0.05) is 12.1 Å². The zero-order valence-electron chi connectivity index (χ0n) is 14.8. The first-order valence-corrected chi connectivity index (χ1v) is 9.05. The van der Waals surface area contributed by atoms with Crippen molar-refractivity contribution in [3.8, 4) is 11.5 Å². The van der Waals surface area contributed by atoms with E-state index < -0.39 is 16.4 Å². The monoisotopic (exact) mass is 386 g/mol. The van der Waals surface area contributed by atoms with Crippen LogP contribution in [0.1, 0.15) is 12.0 Å². The van der Waals surface area contributed by atoms with Gasteiger partial charge in [-0.15, -0.1) is 0 Å². The lowest BCUT2D eigenvalue weighted by molar-refractivity contribution is -0.121. The molecule has 2 aromatic carbocycles. The molecule has 3 amide bonds. The number of anilines is 2. The molecule has 7 nitrogen and oxygen atoms in total. The number of aryl methyl sites for hydroxylation is 1. The first kappa shape index (κ1) is 18.8. The Hall–Kier alpha value is -3.00. The van der Waals surface area contributed by atoms with Crippen LogP contribution in [-0.4, -0.2) is 34.5 Å². The van der Waals surface area contributed by atoms with Gasteiger partial charge < -0.3 is 15.2 Å². The quantitative estimate of drug-likeness (QED) is 0.766. The second-order valence-corrected chi connectivity index (χ2v) is 7.15. The average molecular weight is 386 g/mol. The molecule has 1 atom stereocenters. The van der Waals surface area contributed by atoms with E-state index in [0.717, 1.165) is 16.7 Å². The van der Waals surface area contributed by atoms with E-state index in [1.165, 1.54) is 19.2 Å². The van der Waals surface area contributed by atoms with Crippen LogP contribution in [0.15, 0.2) is 42.5 Å². The molecule has 2 N–H and O–H groups in total. The maximum atomic E-state index is 12.6. The molecule has 0 bridgehead atoms. The summed E-state index contributed by atoms with van der Waals surface area (Å²) in [5, 5.41) is 10.9. The molecule has 1 fully saturated rings. The molecule has 1 heterocycles. The highest BCUT2D eigenvalue weighted by molar-refractivity contribution is 8.15. The Morgan fingerprint density at radius 3 is 2.56 bits per heavy atom. The Balaban J connectivity index is 1.68. The van der Waals surface area contributed by atoms with Crippen molar-refractivity contribution in [1.29, 1.82) is 0 Å². The number of thioether (sulfide) groups is 1. The Morgan fingerprint density at radius 1 is 1.22 bits per heavy atom. The van der Waals surface area contributed by atoms with Gasteiger partial charge in [-0.05, 0) is 66.7 Å². The fraction of sp³-hybridized carbons (Fsp3) is 0.211. The molecule has 140 valence electrons. The van der Waals surface area contributed by atoms with Crippen LogP contribution in [0.2, 0.25) is 0 Å². The van der Waals surface area contributed by atoms with Crippen LogP contribution in [0.5, 0.6) is 11.5 Å². The first-order valence-electron chi connectivity index (χ1n) is 8.17. The Morgan fingerprint density at radius 2 is 1.93 bits per heavy atom. The normalized spacial score (nSPS) is 16.5.